The minimum absolute atomic E-state index is 0.0408. The summed E-state index contributed by atoms with van der Waals surface area (Å²) in [5.74, 6) is 0.254. The molecule has 2 aromatic rings. The maximum atomic E-state index is 13.1. The van der Waals surface area contributed by atoms with Gasteiger partial charge in [-0.3, -0.25) is 9.48 Å². The second-order valence-electron chi connectivity index (χ2n) is 7.73. The lowest BCUT2D eigenvalue weighted by atomic mass is 10.2. The van der Waals surface area contributed by atoms with E-state index in [1.807, 2.05) is 0 Å². The van der Waals surface area contributed by atoms with E-state index in [1.165, 1.54) is 27.2 Å². The van der Waals surface area contributed by atoms with Gasteiger partial charge in [0.05, 0.1) is 35.7 Å². The first-order valence-corrected chi connectivity index (χ1v) is 13.2. The quantitative estimate of drug-likeness (QED) is 0.560. The number of aromatic nitrogens is 2. The summed E-state index contributed by atoms with van der Waals surface area (Å²) in [4.78, 5) is 14.5. The smallest absolute Gasteiger partial charge is 0.246 e. The maximum Gasteiger partial charge on any atom is 0.246 e. The third-order valence-electron chi connectivity index (χ3n) is 5.54. The molecule has 12 heteroatoms. The van der Waals surface area contributed by atoms with Crippen molar-refractivity contribution in [2.45, 2.75) is 51.2 Å². The number of amides is 1. The first-order chi connectivity index (χ1) is 14.5. The molecule has 172 valence electrons. The Hall–Kier alpha value is -2.18. The molecule has 0 unspecified atom stereocenters. The van der Waals surface area contributed by atoms with Crippen LogP contribution in [0.3, 0.4) is 0 Å². The molecular formula is C19H28N4O6S2. The van der Waals surface area contributed by atoms with E-state index < -0.39 is 19.9 Å². The number of rotatable bonds is 8. The van der Waals surface area contributed by atoms with E-state index in [0.29, 0.717) is 30.1 Å². The zero-order chi connectivity index (χ0) is 23.0. The molecule has 0 aromatic carbocycles. The number of likely N-dealkylation sites (N-methyl/N-ethyl adjacent to an activating group) is 1. The van der Waals surface area contributed by atoms with Crippen molar-refractivity contribution in [3.05, 3.63) is 35.5 Å². The lowest BCUT2D eigenvalue weighted by Gasteiger charge is -2.27. The van der Waals surface area contributed by atoms with Crippen molar-refractivity contribution in [1.82, 2.24) is 19.0 Å². The Morgan fingerprint density at radius 1 is 1.35 bits per heavy atom. The molecule has 3 heterocycles. The van der Waals surface area contributed by atoms with Crippen molar-refractivity contribution < 1.29 is 26.0 Å². The Labute approximate surface area is 182 Å². The van der Waals surface area contributed by atoms with Gasteiger partial charge in [-0.25, -0.2) is 16.8 Å². The number of furan rings is 1. The van der Waals surface area contributed by atoms with Crippen LogP contribution >= 0.6 is 0 Å². The highest BCUT2D eigenvalue weighted by molar-refractivity contribution is 7.91. The van der Waals surface area contributed by atoms with E-state index in [1.54, 1.807) is 32.9 Å². The van der Waals surface area contributed by atoms with Gasteiger partial charge in [-0.1, -0.05) is 0 Å². The number of sulfonamides is 1. The number of aryl methyl sites for hydroxylation is 1. The molecule has 10 nitrogen and oxygen atoms in total. The molecule has 2 aromatic heterocycles. The summed E-state index contributed by atoms with van der Waals surface area (Å²) in [6, 6.07) is 3.02. The van der Waals surface area contributed by atoms with Gasteiger partial charge in [-0.2, -0.15) is 9.40 Å². The van der Waals surface area contributed by atoms with Crippen LogP contribution in [0.25, 0.3) is 0 Å². The highest BCUT2D eigenvalue weighted by Crippen LogP contribution is 2.25. The van der Waals surface area contributed by atoms with Gasteiger partial charge in [0.2, 0.25) is 15.9 Å². The van der Waals surface area contributed by atoms with Crippen LogP contribution in [0.2, 0.25) is 0 Å². The fourth-order valence-corrected chi connectivity index (χ4v) is 7.18. The van der Waals surface area contributed by atoms with Crippen molar-refractivity contribution in [1.29, 1.82) is 0 Å². The lowest BCUT2D eigenvalue weighted by molar-refractivity contribution is -0.133. The van der Waals surface area contributed by atoms with E-state index in [-0.39, 0.29) is 41.4 Å². The van der Waals surface area contributed by atoms with Crippen molar-refractivity contribution >= 4 is 25.8 Å². The summed E-state index contributed by atoms with van der Waals surface area (Å²) in [5.41, 5.74) is 0.648. The van der Waals surface area contributed by atoms with E-state index in [4.69, 9.17) is 4.42 Å². The second kappa shape index (κ2) is 8.75. The molecular weight excluding hydrogens is 444 g/mol. The van der Waals surface area contributed by atoms with Crippen LogP contribution in [0.1, 0.15) is 30.5 Å². The summed E-state index contributed by atoms with van der Waals surface area (Å²) in [5, 5.41) is 4.29. The third-order valence-corrected chi connectivity index (χ3v) is 9.34. The predicted octanol–water partition coefficient (Wildman–Crippen LogP) is 0.949. The Bertz CT molecular complexity index is 1150. The average molecular weight is 473 g/mol. The summed E-state index contributed by atoms with van der Waals surface area (Å²) in [6.45, 7) is 5.27. The van der Waals surface area contributed by atoms with Gasteiger partial charge in [-0.05, 0) is 39.3 Å². The van der Waals surface area contributed by atoms with E-state index in [9.17, 15) is 21.6 Å². The first-order valence-electron chi connectivity index (χ1n) is 9.99. The predicted molar refractivity (Wildman–Crippen MR) is 114 cm³/mol. The fourth-order valence-electron chi connectivity index (χ4n) is 3.95. The van der Waals surface area contributed by atoms with Crippen molar-refractivity contribution in [2.24, 2.45) is 0 Å². The van der Waals surface area contributed by atoms with E-state index >= 15 is 0 Å². The summed E-state index contributed by atoms with van der Waals surface area (Å²) < 4.78 is 57.7. The van der Waals surface area contributed by atoms with Gasteiger partial charge in [0.15, 0.2) is 9.84 Å². The molecule has 1 aliphatic heterocycles. The van der Waals surface area contributed by atoms with Crippen LogP contribution in [0.5, 0.6) is 0 Å². The average Bonchev–Trinajstić information content (AvgIpc) is 3.36. The van der Waals surface area contributed by atoms with Crippen molar-refractivity contribution in [3.63, 3.8) is 0 Å². The van der Waals surface area contributed by atoms with Crippen molar-refractivity contribution in [2.75, 3.05) is 25.1 Å². The van der Waals surface area contributed by atoms with Gasteiger partial charge < -0.3 is 9.32 Å². The number of carbonyl (C=O) groups excluding carboxylic acids is 1. The second-order valence-corrected chi connectivity index (χ2v) is 11.9. The first kappa shape index (κ1) is 23.5. The monoisotopic (exact) mass is 472 g/mol. The largest absolute Gasteiger partial charge is 0.468 e. The molecule has 0 aliphatic carbocycles. The topological polar surface area (TPSA) is 123 Å². The number of hydrogen-bond acceptors (Lipinski definition) is 7. The van der Waals surface area contributed by atoms with Crippen LogP contribution in [0, 0.1) is 13.8 Å². The number of nitrogens with zero attached hydrogens (tertiary/aromatic N) is 4. The Morgan fingerprint density at radius 2 is 2.06 bits per heavy atom. The van der Waals surface area contributed by atoms with Gasteiger partial charge in [0, 0.05) is 19.6 Å². The van der Waals surface area contributed by atoms with Crippen LogP contribution < -0.4 is 0 Å². The summed E-state index contributed by atoms with van der Waals surface area (Å²) in [6.07, 6.45) is 1.89. The van der Waals surface area contributed by atoms with Gasteiger partial charge in [-0.15, -0.1) is 0 Å². The van der Waals surface area contributed by atoms with Crippen molar-refractivity contribution in [3.8, 4) is 0 Å². The standard InChI is InChI=1S/C19H28N4O6S2/c1-5-22(16-8-10-30(25,26)13-16)18(24)12-23-15(3)19(14(2)20-23)31(27,28)21(4)11-17-7-6-9-29-17/h6-7,9,16H,5,8,10-13H2,1-4H3/t16-/m1/s1. The molecule has 1 atom stereocenters. The Morgan fingerprint density at radius 3 is 2.61 bits per heavy atom. The molecule has 31 heavy (non-hydrogen) atoms. The zero-order valence-electron chi connectivity index (χ0n) is 18.1. The molecule has 1 amide bonds. The summed E-state index contributed by atoms with van der Waals surface area (Å²) in [7, 11) is -5.53. The molecule has 0 bridgehead atoms. The molecule has 1 saturated heterocycles. The van der Waals surface area contributed by atoms with E-state index in [0.717, 1.165) is 0 Å². The molecule has 1 aliphatic rings. The number of sulfone groups is 1. The third kappa shape index (κ3) is 4.85. The number of hydrogen-bond donors (Lipinski definition) is 0. The molecule has 0 radical (unpaired) electrons. The van der Waals surface area contributed by atoms with Gasteiger partial charge in [0.1, 0.15) is 17.2 Å². The molecule has 0 N–H and O–H groups in total. The zero-order valence-corrected chi connectivity index (χ0v) is 19.7. The lowest BCUT2D eigenvalue weighted by Crippen LogP contribution is -2.42. The normalized spacial score (nSPS) is 18.5. The van der Waals surface area contributed by atoms with Crippen LogP contribution in [0.4, 0.5) is 0 Å². The van der Waals surface area contributed by atoms with Gasteiger partial charge >= 0.3 is 0 Å². The van der Waals surface area contributed by atoms with Gasteiger partial charge in [0.25, 0.3) is 0 Å². The minimum atomic E-state index is -3.86. The molecule has 3 rings (SSSR count). The Kier molecular flexibility index (Phi) is 6.63. The van der Waals surface area contributed by atoms with Crippen LogP contribution in [-0.2, 0) is 37.7 Å². The maximum absolute atomic E-state index is 13.1. The number of carbonyl (C=O) groups is 1. The molecule has 1 fully saturated rings. The highest BCUT2D eigenvalue weighted by atomic mass is 32.2. The SMILES string of the molecule is CCN(C(=O)Cn1nc(C)c(S(=O)(=O)N(C)Cc2ccco2)c1C)[C@@H]1CCS(=O)(=O)C1. The minimum Gasteiger partial charge on any atom is -0.468 e. The highest BCUT2D eigenvalue weighted by Gasteiger charge is 2.35. The molecule has 0 saturated carbocycles. The fraction of sp³-hybridized carbons (Fsp3) is 0.579. The Balaban J connectivity index is 1.81. The van der Waals surface area contributed by atoms with Crippen LogP contribution in [-0.4, -0.2) is 72.9 Å². The molecule has 0 spiro atoms. The summed E-state index contributed by atoms with van der Waals surface area (Å²) >= 11 is 0. The van der Waals surface area contributed by atoms with Crippen LogP contribution in [0.15, 0.2) is 27.7 Å². The van der Waals surface area contributed by atoms with E-state index in [2.05, 4.69) is 5.10 Å².